The number of amides is 1. The molecule has 0 bridgehead atoms. The van der Waals surface area contributed by atoms with Gasteiger partial charge in [0.2, 0.25) is 0 Å². The number of hydrazine groups is 1. The molecule has 1 aliphatic heterocycles. The lowest BCUT2D eigenvalue weighted by Gasteiger charge is -2.54. The largest absolute Gasteiger partial charge is 0.352 e. The molecule has 0 radical (unpaired) electrons. The fraction of sp³-hybridized carbons (Fsp3) is 0.588. The van der Waals surface area contributed by atoms with Gasteiger partial charge >= 0.3 is 0 Å². The summed E-state index contributed by atoms with van der Waals surface area (Å²) < 4.78 is 0. The second-order valence-corrected chi connectivity index (χ2v) is 7.35. The summed E-state index contributed by atoms with van der Waals surface area (Å²) in [5, 5.41) is 0. The van der Waals surface area contributed by atoms with Crippen molar-refractivity contribution < 1.29 is 4.79 Å². The van der Waals surface area contributed by atoms with E-state index in [1.807, 2.05) is 13.8 Å². The summed E-state index contributed by atoms with van der Waals surface area (Å²) in [5.74, 6) is 5.70. The van der Waals surface area contributed by atoms with Crippen LogP contribution < -0.4 is 16.2 Å². The van der Waals surface area contributed by atoms with Gasteiger partial charge in [-0.05, 0) is 58.6 Å². The third kappa shape index (κ3) is 2.53. The Kier molecular flexibility index (Phi) is 3.79. The molecule has 1 heterocycles. The Morgan fingerprint density at radius 2 is 2.05 bits per heavy atom. The highest BCUT2D eigenvalue weighted by molar-refractivity contribution is 5.89. The van der Waals surface area contributed by atoms with E-state index in [1.54, 1.807) is 0 Å². The second-order valence-electron chi connectivity index (χ2n) is 7.35. The zero-order valence-electron chi connectivity index (χ0n) is 13.9. The highest BCUT2D eigenvalue weighted by Crippen LogP contribution is 2.46. The van der Waals surface area contributed by atoms with E-state index < -0.39 is 5.54 Å². The van der Waals surface area contributed by atoms with E-state index in [2.05, 4.69) is 56.2 Å². The zero-order valence-corrected chi connectivity index (χ0v) is 13.9. The van der Waals surface area contributed by atoms with Crippen molar-refractivity contribution in [2.75, 3.05) is 4.90 Å². The van der Waals surface area contributed by atoms with Crippen LogP contribution in [0.1, 0.15) is 58.1 Å². The third-order valence-corrected chi connectivity index (χ3v) is 4.61. The first kappa shape index (κ1) is 15.8. The smallest absolute Gasteiger partial charge is 0.259 e. The molecule has 1 aromatic rings. The van der Waals surface area contributed by atoms with Crippen LogP contribution in [0.15, 0.2) is 18.2 Å². The molecular formula is C17H27N3O. The van der Waals surface area contributed by atoms with Gasteiger partial charge in [0, 0.05) is 11.2 Å². The molecule has 0 fully saturated rings. The number of nitrogens with two attached hydrogens (primary N) is 1. The Labute approximate surface area is 127 Å². The van der Waals surface area contributed by atoms with Gasteiger partial charge in [-0.1, -0.05) is 24.6 Å². The first-order chi connectivity index (χ1) is 9.61. The number of nitrogens with zero attached hydrogens (tertiary/aromatic N) is 1. The lowest BCUT2D eigenvalue weighted by molar-refractivity contribution is -0.126. The number of nitrogens with one attached hydrogen (secondary N) is 1. The van der Waals surface area contributed by atoms with Gasteiger partial charge in [0.05, 0.1) is 0 Å². The highest BCUT2D eigenvalue weighted by atomic mass is 16.2. The predicted molar refractivity (Wildman–Crippen MR) is 87.2 cm³/mol. The minimum Gasteiger partial charge on any atom is -0.352 e. The van der Waals surface area contributed by atoms with Crippen molar-refractivity contribution in [3.63, 3.8) is 0 Å². The van der Waals surface area contributed by atoms with E-state index in [0.29, 0.717) is 5.92 Å². The van der Waals surface area contributed by atoms with Gasteiger partial charge in [0.15, 0.2) is 0 Å². The van der Waals surface area contributed by atoms with Crippen molar-refractivity contribution in [3.8, 4) is 0 Å². The van der Waals surface area contributed by atoms with Gasteiger partial charge in [-0.15, -0.1) is 0 Å². The minimum atomic E-state index is -0.706. The van der Waals surface area contributed by atoms with Crippen LogP contribution >= 0.6 is 0 Å². The van der Waals surface area contributed by atoms with Crippen molar-refractivity contribution in [3.05, 3.63) is 29.3 Å². The number of benzene rings is 1. The Bertz CT molecular complexity index is 563. The molecule has 116 valence electrons. The van der Waals surface area contributed by atoms with Crippen LogP contribution in [0.5, 0.6) is 0 Å². The van der Waals surface area contributed by atoms with Crippen LogP contribution in [0.25, 0.3) is 0 Å². The minimum absolute atomic E-state index is 0.113. The Hall–Kier alpha value is -1.55. The normalized spacial score (nSPS) is 20.9. The summed E-state index contributed by atoms with van der Waals surface area (Å²) in [6.45, 7) is 12.6. The summed E-state index contributed by atoms with van der Waals surface area (Å²) in [7, 11) is 0. The van der Waals surface area contributed by atoms with Crippen molar-refractivity contribution >= 4 is 11.6 Å². The monoisotopic (exact) mass is 289 g/mol. The van der Waals surface area contributed by atoms with Crippen LogP contribution in [0.4, 0.5) is 5.69 Å². The van der Waals surface area contributed by atoms with Gasteiger partial charge in [0.25, 0.3) is 5.91 Å². The van der Waals surface area contributed by atoms with Crippen molar-refractivity contribution in [1.29, 1.82) is 0 Å². The van der Waals surface area contributed by atoms with E-state index in [9.17, 15) is 4.79 Å². The summed E-state index contributed by atoms with van der Waals surface area (Å²) in [6.07, 6.45) is 1.00. The molecule has 0 aliphatic carbocycles. The average molecular weight is 289 g/mol. The van der Waals surface area contributed by atoms with Crippen molar-refractivity contribution in [2.24, 2.45) is 5.84 Å². The van der Waals surface area contributed by atoms with Crippen LogP contribution in [-0.4, -0.2) is 17.0 Å². The summed E-state index contributed by atoms with van der Waals surface area (Å²) in [4.78, 5) is 14.5. The fourth-order valence-corrected chi connectivity index (χ4v) is 3.88. The topological polar surface area (TPSA) is 58.4 Å². The quantitative estimate of drug-likeness (QED) is 0.500. The molecule has 1 atom stereocenters. The molecule has 0 saturated heterocycles. The maximum atomic E-state index is 12.3. The average Bonchev–Trinajstić information content (AvgIpc) is 2.37. The molecule has 1 amide bonds. The summed E-state index contributed by atoms with van der Waals surface area (Å²) in [5.41, 5.74) is 5.19. The number of rotatable bonds is 2. The molecule has 3 N–H and O–H groups in total. The molecule has 2 rings (SSSR count). The van der Waals surface area contributed by atoms with Crippen LogP contribution in [-0.2, 0) is 4.79 Å². The summed E-state index contributed by atoms with van der Waals surface area (Å²) in [6, 6.07) is 6.47. The molecule has 4 heteroatoms. The lowest BCUT2D eigenvalue weighted by Crippen LogP contribution is -2.65. The van der Waals surface area contributed by atoms with E-state index in [1.165, 1.54) is 11.1 Å². The zero-order chi connectivity index (χ0) is 16.0. The summed E-state index contributed by atoms with van der Waals surface area (Å²) >= 11 is 0. The molecule has 1 aliphatic rings. The number of hydrogen-bond acceptors (Lipinski definition) is 3. The van der Waals surface area contributed by atoms with Gasteiger partial charge in [-0.2, -0.15) is 0 Å². The molecule has 21 heavy (non-hydrogen) atoms. The van der Waals surface area contributed by atoms with Gasteiger partial charge in [0.1, 0.15) is 5.54 Å². The van der Waals surface area contributed by atoms with Gasteiger partial charge < -0.3 is 4.90 Å². The molecule has 1 aromatic carbocycles. The SMILES string of the molecule is Cc1ccc2c(c1)C(C)CC(C)(C)N2C(C)(C)C(=O)NN. The molecule has 0 aromatic heterocycles. The molecular weight excluding hydrogens is 262 g/mol. The first-order valence-electron chi connectivity index (χ1n) is 7.53. The third-order valence-electron chi connectivity index (χ3n) is 4.61. The van der Waals surface area contributed by atoms with Gasteiger partial charge in [-0.3, -0.25) is 10.2 Å². The van der Waals surface area contributed by atoms with Crippen LogP contribution in [0.3, 0.4) is 0 Å². The maximum Gasteiger partial charge on any atom is 0.259 e. The number of aryl methyl sites for hydroxylation is 1. The number of carbonyl (C=O) groups excluding carboxylic acids is 1. The maximum absolute atomic E-state index is 12.3. The number of hydrogen-bond donors (Lipinski definition) is 2. The van der Waals surface area contributed by atoms with E-state index >= 15 is 0 Å². The van der Waals surface area contributed by atoms with E-state index in [-0.39, 0.29) is 11.4 Å². The Balaban J connectivity index is 2.63. The van der Waals surface area contributed by atoms with Crippen LogP contribution in [0.2, 0.25) is 0 Å². The predicted octanol–water partition coefficient (Wildman–Crippen LogP) is 2.86. The number of carbonyl (C=O) groups is 1. The Morgan fingerprint density at radius 3 is 2.62 bits per heavy atom. The van der Waals surface area contributed by atoms with E-state index in [0.717, 1.165) is 12.1 Å². The van der Waals surface area contributed by atoms with Crippen molar-refractivity contribution in [2.45, 2.75) is 65.0 Å². The Morgan fingerprint density at radius 1 is 1.43 bits per heavy atom. The second kappa shape index (κ2) is 5.02. The van der Waals surface area contributed by atoms with E-state index in [4.69, 9.17) is 5.84 Å². The standard InChI is InChI=1S/C17H27N3O/c1-11-7-8-14-13(9-11)12(2)10-16(3,4)20(14)17(5,6)15(21)19-18/h7-9,12H,10,18H2,1-6H3,(H,19,21). The molecule has 0 spiro atoms. The van der Waals surface area contributed by atoms with Gasteiger partial charge in [-0.25, -0.2) is 5.84 Å². The molecule has 0 saturated carbocycles. The lowest BCUT2D eigenvalue weighted by atomic mass is 9.76. The van der Waals surface area contributed by atoms with Crippen LogP contribution in [0, 0.1) is 6.92 Å². The highest BCUT2D eigenvalue weighted by Gasteiger charge is 2.46. The first-order valence-corrected chi connectivity index (χ1v) is 7.53. The van der Waals surface area contributed by atoms with Crippen molar-refractivity contribution in [1.82, 2.24) is 5.43 Å². The number of anilines is 1. The number of fused-ring (bicyclic) bond motifs is 1. The molecule has 4 nitrogen and oxygen atoms in total. The molecule has 1 unspecified atom stereocenters. The fourth-order valence-electron chi connectivity index (χ4n) is 3.88.